The number of amides is 2. The number of hydrogen-bond donors (Lipinski definition) is 1. The Morgan fingerprint density at radius 3 is 2.52 bits per heavy atom. The van der Waals surface area contributed by atoms with Crippen LogP contribution in [0.2, 0.25) is 0 Å². The molecule has 21 heavy (non-hydrogen) atoms. The van der Waals surface area contributed by atoms with E-state index in [1.165, 1.54) is 32.2 Å². The fraction of sp³-hybridized carbons (Fsp3) is 0.214. The summed E-state index contributed by atoms with van der Waals surface area (Å²) in [4.78, 5) is 36.7. The van der Waals surface area contributed by atoms with E-state index in [1.807, 2.05) is 0 Å². The average Bonchev–Trinajstić information content (AvgIpc) is 2.74. The molecule has 0 radical (unpaired) electrons. The molecule has 0 spiro atoms. The van der Waals surface area contributed by atoms with Crippen molar-refractivity contribution in [2.75, 3.05) is 7.11 Å². The molecule has 0 saturated carbocycles. The topological polar surface area (TPSA) is 83.9 Å². The minimum absolute atomic E-state index is 0.111. The molecule has 0 aromatic heterocycles. The predicted molar refractivity (Wildman–Crippen MR) is 77.4 cm³/mol. The number of esters is 1. The van der Waals surface area contributed by atoms with Crippen LogP contribution in [0.5, 0.6) is 5.75 Å². The number of aromatic hydroxyl groups is 1. The second-order valence-corrected chi connectivity index (χ2v) is 5.34. The lowest BCUT2D eigenvalue weighted by molar-refractivity contribution is -0.148. The van der Waals surface area contributed by atoms with Crippen molar-refractivity contribution in [2.24, 2.45) is 0 Å². The summed E-state index contributed by atoms with van der Waals surface area (Å²) in [5.74, 6) is -1.07. The largest absolute Gasteiger partial charge is 0.508 e. The summed E-state index contributed by atoms with van der Waals surface area (Å²) < 4.78 is 4.55. The predicted octanol–water partition coefficient (Wildman–Crippen LogP) is 1.99. The number of thioether (sulfide) groups is 1. The third kappa shape index (κ3) is 3.08. The van der Waals surface area contributed by atoms with Gasteiger partial charge in [0.05, 0.1) is 12.0 Å². The van der Waals surface area contributed by atoms with Gasteiger partial charge in [0.25, 0.3) is 11.1 Å². The first kappa shape index (κ1) is 15.1. The second kappa shape index (κ2) is 6.01. The van der Waals surface area contributed by atoms with Gasteiger partial charge in [0, 0.05) is 0 Å². The highest BCUT2D eigenvalue weighted by atomic mass is 32.2. The maximum atomic E-state index is 12.2. The molecule has 1 aromatic rings. The number of hydrogen-bond acceptors (Lipinski definition) is 6. The van der Waals surface area contributed by atoms with E-state index in [2.05, 4.69) is 4.74 Å². The lowest BCUT2D eigenvalue weighted by atomic mass is 10.2. The maximum absolute atomic E-state index is 12.2. The first-order valence-corrected chi connectivity index (χ1v) is 6.89. The van der Waals surface area contributed by atoms with Crippen molar-refractivity contribution < 1.29 is 24.2 Å². The van der Waals surface area contributed by atoms with Crippen LogP contribution in [0.4, 0.5) is 4.79 Å². The van der Waals surface area contributed by atoms with Crippen molar-refractivity contribution in [1.82, 2.24) is 4.90 Å². The monoisotopic (exact) mass is 307 g/mol. The SMILES string of the molecule is COC(=O)[C@@H](C)N1C(=O)S/C(=C/c2ccc(O)cc2)C1=O. The Labute approximate surface area is 125 Å². The minimum atomic E-state index is -0.965. The van der Waals surface area contributed by atoms with E-state index in [4.69, 9.17) is 0 Å². The average molecular weight is 307 g/mol. The van der Waals surface area contributed by atoms with Gasteiger partial charge in [-0.25, -0.2) is 4.79 Å². The van der Waals surface area contributed by atoms with Gasteiger partial charge in [0.2, 0.25) is 0 Å². The molecule has 0 bridgehead atoms. The van der Waals surface area contributed by atoms with Crippen LogP contribution in [0.15, 0.2) is 29.2 Å². The summed E-state index contributed by atoms with van der Waals surface area (Å²) in [5.41, 5.74) is 0.670. The molecule has 110 valence electrons. The summed E-state index contributed by atoms with van der Waals surface area (Å²) in [6, 6.07) is 5.23. The Morgan fingerprint density at radius 1 is 1.33 bits per heavy atom. The number of imide groups is 1. The van der Waals surface area contributed by atoms with E-state index in [0.717, 1.165) is 16.7 Å². The molecule has 0 aliphatic carbocycles. The van der Waals surface area contributed by atoms with E-state index in [0.29, 0.717) is 5.56 Å². The van der Waals surface area contributed by atoms with E-state index in [-0.39, 0.29) is 10.7 Å². The van der Waals surface area contributed by atoms with Crippen molar-refractivity contribution in [3.63, 3.8) is 0 Å². The normalized spacial score (nSPS) is 18.2. The number of benzene rings is 1. The minimum Gasteiger partial charge on any atom is -0.508 e. The third-order valence-electron chi connectivity index (χ3n) is 2.94. The Hall–Kier alpha value is -2.28. The van der Waals surface area contributed by atoms with Crippen LogP contribution in [0.1, 0.15) is 12.5 Å². The van der Waals surface area contributed by atoms with Gasteiger partial charge in [-0.05, 0) is 42.5 Å². The van der Waals surface area contributed by atoms with Crippen LogP contribution in [0.25, 0.3) is 6.08 Å². The fourth-order valence-electron chi connectivity index (χ4n) is 1.81. The number of nitrogens with zero attached hydrogens (tertiary/aromatic N) is 1. The zero-order valence-corrected chi connectivity index (χ0v) is 12.2. The first-order chi connectivity index (χ1) is 9.93. The van der Waals surface area contributed by atoms with Gasteiger partial charge in [-0.2, -0.15) is 0 Å². The molecule has 2 rings (SSSR count). The molecule has 1 aliphatic rings. The molecule has 1 saturated heterocycles. The Morgan fingerprint density at radius 2 is 1.95 bits per heavy atom. The van der Waals surface area contributed by atoms with Gasteiger partial charge < -0.3 is 9.84 Å². The molecule has 7 heteroatoms. The number of phenolic OH excluding ortho intramolecular Hbond substituents is 1. The third-order valence-corrected chi connectivity index (χ3v) is 3.83. The number of carbonyl (C=O) groups is 3. The van der Waals surface area contributed by atoms with Gasteiger partial charge in [-0.1, -0.05) is 12.1 Å². The molecule has 1 fully saturated rings. The molecule has 6 nitrogen and oxygen atoms in total. The number of methoxy groups -OCH3 is 1. The number of carbonyl (C=O) groups excluding carboxylic acids is 3. The van der Waals surface area contributed by atoms with Crippen LogP contribution in [0.3, 0.4) is 0 Å². The van der Waals surface area contributed by atoms with Crippen molar-refractivity contribution in [1.29, 1.82) is 0 Å². The lowest BCUT2D eigenvalue weighted by Crippen LogP contribution is -2.42. The summed E-state index contributed by atoms with van der Waals surface area (Å²) in [6.07, 6.45) is 1.54. The van der Waals surface area contributed by atoms with Crippen LogP contribution in [0, 0.1) is 0 Å². The van der Waals surface area contributed by atoms with E-state index in [9.17, 15) is 19.5 Å². The molecular formula is C14H13NO5S. The summed E-state index contributed by atoms with van der Waals surface area (Å²) >= 11 is 0.765. The van der Waals surface area contributed by atoms with Gasteiger partial charge in [-0.3, -0.25) is 14.5 Å². The molecule has 1 aliphatic heterocycles. The van der Waals surface area contributed by atoms with Gasteiger partial charge in [0.15, 0.2) is 0 Å². The van der Waals surface area contributed by atoms with Crippen molar-refractivity contribution in [2.45, 2.75) is 13.0 Å². The van der Waals surface area contributed by atoms with Crippen molar-refractivity contribution >= 4 is 35.0 Å². The number of rotatable bonds is 3. The highest BCUT2D eigenvalue weighted by molar-refractivity contribution is 8.18. The van der Waals surface area contributed by atoms with Crippen molar-refractivity contribution in [3.8, 4) is 5.75 Å². The first-order valence-electron chi connectivity index (χ1n) is 6.08. The Balaban J connectivity index is 2.25. The second-order valence-electron chi connectivity index (χ2n) is 4.34. The van der Waals surface area contributed by atoms with E-state index >= 15 is 0 Å². The standard InChI is InChI=1S/C14H13NO5S/c1-8(13(18)20-2)15-12(17)11(21-14(15)19)7-9-3-5-10(16)6-4-9/h3-8,16H,1-2H3/b11-7+/t8-/m1/s1. The molecule has 1 N–H and O–H groups in total. The summed E-state index contributed by atoms with van der Waals surface area (Å²) in [6.45, 7) is 1.44. The lowest BCUT2D eigenvalue weighted by Gasteiger charge is -2.18. The van der Waals surface area contributed by atoms with Crippen LogP contribution in [-0.2, 0) is 14.3 Å². The van der Waals surface area contributed by atoms with Gasteiger partial charge in [-0.15, -0.1) is 0 Å². The number of phenols is 1. The Bertz CT molecular complexity index is 623. The summed E-state index contributed by atoms with van der Waals surface area (Å²) in [7, 11) is 1.20. The van der Waals surface area contributed by atoms with Crippen LogP contribution in [-0.4, -0.2) is 40.3 Å². The molecule has 1 aromatic carbocycles. The molecule has 2 amide bonds. The van der Waals surface area contributed by atoms with Gasteiger partial charge in [0.1, 0.15) is 11.8 Å². The zero-order valence-electron chi connectivity index (χ0n) is 11.4. The highest BCUT2D eigenvalue weighted by Crippen LogP contribution is 2.33. The number of ether oxygens (including phenoxy) is 1. The van der Waals surface area contributed by atoms with Crippen LogP contribution < -0.4 is 0 Å². The quantitative estimate of drug-likeness (QED) is 0.679. The van der Waals surface area contributed by atoms with Crippen molar-refractivity contribution in [3.05, 3.63) is 34.7 Å². The molecular weight excluding hydrogens is 294 g/mol. The smallest absolute Gasteiger partial charge is 0.328 e. The summed E-state index contributed by atoms with van der Waals surface area (Å²) in [5, 5.41) is 8.70. The molecule has 1 heterocycles. The fourth-order valence-corrected chi connectivity index (χ4v) is 2.72. The Kier molecular flexibility index (Phi) is 4.32. The zero-order chi connectivity index (χ0) is 15.6. The van der Waals surface area contributed by atoms with Gasteiger partial charge >= 0.3 is 5.97 Å². The van der Waals surface area contributed by atoms with Crippen LogP contribution >= 0.6 is 11.8 Å². The maximum Gasteiger partial charge on any atom is 0.328 e. The molecule has 1 atom stereocenters. The van der Waals surface area contributed by atoms with E-state index < -0.39 is 23.2 Å². The molecule has 0 unspecified atom stereocenters. The van der Waals surface area contributed by atoms with E-state index in [1.54, 1.807) is 12.1 Å². The highest BCUT2D eigenvalue weighted by Gasteiger charge is 2.41.